The maximum absolute atomic E-state index is 8.99. The van der Waals surface area contributed by atoms with Gasteiger partial charge in [-0.2, -0.15) is 0 Å². The van der Waals surface area contributed by atoms with Gasteiger partial charge in [0.15, 0.2) is 0 Å². The average Bonchev–Trinajstić information content (AvgIpc) is 2.98. The molecule has 25 heavy (non-hydrogen) atoms. The van der Waals surface area contributed by atoms with Crippen molar-refractivity contribution < 1.29 is 20.4 Å². The van der Waals surface area contributed by atoms with Crippen molar-refractivity contribution in [3.05, 3.63) is 0 Å². The topological polar surface area (TPSA) is 80.9 Å². The molecule has 0 bridgehead atoms. The van der Waals surface area contributed by atoms with E-state index >= 15 is 0 Å². The average molecular weight is 359 g/mol. The molecule has 4 N–H and O–H groups in total. The summed E-state index contributed by atoms with van der Waals surface area (Å²) in [6, 6.07) is 0. The van der Waals surface area contributed by atoms with Gasteiger partial charge in [0.1, 0.15) is 0 Å². The van der Waals surface area contributed by atoms with Crippen molar-refractivity contribution in [1.82, 2.24) is 0 Å². The molecule has 3 aliphatic carbocycles. The molecule has 0 aromatic heterocycles. The summed E-state index contributed by atoms with van der Waals surface area (Å²) in [5.41, 5.74) is 0. The Hall–Kier alpha value is -0.160. The van der Waals surface area contributed by atoms with E-state index in [1.807, 2.05) is 0 Å². The van der Waals surface area contributed by atoms with E-state index < -0.39 is 0 Å². The first-order chi connectivity index (χ1) is 12.0. The molecule has 0 radical (unpaired) electrons. The van der Waals surface area contributed by atoms with Crippen LogP contribution < -0.4 is 0 Å². The number of aliphatic hydroxyl groups is 4. The van der Waals surface area contributed by atoms with E-state index in [0.29, 0.717) is 18.9 Å². The van der Waals surface area contributed by atoms with Gasteiger partial charge < -0.3 is 20.4 Å². The van der Waals surface area contributed by atoms with Crippen LogP contribution in [0.3, 0.4) is 0 Å². The van der Waals surface area contributed by atoms with Gasteiger partial charge in [0.2, 0.25) is 0 Å². The van der Waals surface area contributed by atoms with E-state index in [4.69, 9.17) is 20.4 Å². The van der Waals surface area contributed by atoms with Crippen molar-refractivity contribution in [2.75, 3.05) is 6.61 Å². The summed E-state index contributed by atoms with van der Waals surface area (Å²) in [6.07, 6.45) is 12.7. The molecule has 3 rings (SSSR count). The molecule has 3 aliphatic rings. The fourth-order valence-corrected chi connectivity index (χ4v) is 4.38. The number of hydrogen-bond donors (Lipinski definition) is 4. The minimum absolute atomic E-state index is 0.0231. The zero-order valence-electron chi connectivity index (χ0n) is 16.4. The SMILES string of the molecule is CC1CCC(O)C1.CCC1CCCCC1CO.OC1CCCC(O)C1. The summed E-state index contributed by atoms with van der Waals surface area (Å²) in [5.74, 6) is 2.22. The molecule has 4 heteroatoms. The molecule has 3 fully saturated rings. The second-order valence-electron chi connectivity index (χ2n) is 8.44. The molecule has 0 aromatic carbocycles. The molecule has 4 nitrogen and oxygen atoms in total. The van der Waals surface area contributed by atoms with Crippen molar-refractivity contribution >= 4 is 0 Å². The first kappa shape index (κ1) is 22.9. The Labute approximate surface area is 154 Å². The minimum Gasteiger partial charge on any atom is -0.396 e. The van der Waals surface area contributed by atoms with Crippen LogP contribution in [0, 0.1) is 17.8 Å². The molecule has 0 amide bonds. The van der Waals surface area contributed by atoms with Crippen LogP contribution in [-0.2, 0) is 0 Å². The van der Waals surface area contributed by atoms with Crippen LogP contribution in [0.1, 0.15) is 90.9 Å². The summed E-state index contributed by atoms with van der Waals surface area (Å²) in [6.45, 7) is 4.84. The van der Waals surface area contributed by atoms with Gasteiger partial charge in [-0.05, 0) is 69.1 Å². The van der Waals surface area contributed by atoms with E-state index in [9.17, 15) is 0 Å². The second-order valence-corrected chi connectivity index (χ2v) is 8.44. The monoisotopic (exact) mass is 358 g/mol. The van der Waals surface area contributed by atoms with Crippen LogP contribution in [-0.4, -0.2) is 45.3 Å². The smallest absolute Gasteiger partial charge is 0.0564 e. The van der Waals surface area contributed by atoms with E-state index in [1.54, 1.807) is 0 Å². The van der Waals surface area contributed by atoms with Crippen LogP contribution in [0.15, 0.2) is 0 Å². The van der Waals surface area contributed by atoms with Crippen molar-refractivity contribution in [3.8, 4) is 0 Å². The first-order valence-corrected chi connectivity index (χ1v) is 10.6. The highest BCUT2D eigenvalue weighted by molar-refractivity contribution is 4.73. The quantitative estimate of drug-likeness (QED) is 0.607. The summed E-state index contributed by atoms with van der Waals surface area (Å²) in [7, 11) is 0. The molecule has 6 atom stereocenters. The third-order valence-electron chi connectivity index (χ3n) is 6.11. The molecule has 150 valence electrons. The highest BCUT2D eigenvalue weighted by Crippen LogP contribution is 2.31. The lowest BCUT2D eigenvalue weighted by Gasteiger charge is -2.28. The molecule has 6 unspecified atom stereocenters. The van der Waals surface area contributed by atoms with Crippen LogP contribution >= 0.6 is 0 Å². The Morgan fingerprint density at radius 2 is 1.24 bits per heavy atom. The normalized spacial score (nSPS) is 38.2. The van der Waals surface area contributed by atoms with Crippen molar-refractivity contribution in [2.45, 2.75) is 109 Å². The zero-order valence-corrected chi connectivity index (χ0v) is 16.4. The molecular formula is C21H42O4. The lowest BCUT2D eigenvalue weighted by molar-refractivity contribution is 0.0406. The molecule has 0 spiro atoms. The molecular weight excluding hydrogens is 316 g/mol. The fourth-order valence-electron chi connectivity index (χ4n) is 4.38. The zero-order chi connectivity index (χ0) is 18.7. The summed E-state index contributed by atoms with van der Waals surface area (Å²) in [4.78, 5) is 0. The van der Waals surface area contributed by atoms with E-state index in [0.717, 1.165) is 43.9 Å². The Kier molecular flexibility index (Phi) is 12.0. The van der Waals surface area contributed by atoms with E-state index in [-0.39, 0.29) is 18.3 Å². The van der Waals surface area contributed by atoms with Crippen LogP contribution in [0.25, 0.3) is 0 Å². The standard InChI is InChI=1S/C9H18O.C6H12O2.C6H12O/c1-2-8-5-3-4-6-9(8)7-10;7-5-2-1-3-6(8)4-5;1-5-2-3-6(7)4-5/h8-10H,2-7H2,1H3;5-8H,1-4H2;5-7H,2-4H2,1H3. The lowest BCUT2D eigenvalue weighted by Crippen LogP contribution is -2.22. The van der Waals surface area contributed by atoms with Crippen LogP contribution in [0.2, 0.25) is 0 Å². The molecule has 0 aromatic rings. The Morgan fingerprint density at radius 3 is 1.52 bits per heavy atom. The number of aliphatic hydroxyl groups excluding tert-OH is 4. The van der Waals surface area contributed by atoms with E-state index in [2.05, 4.69) is 13.8 Å². The van der Waals surface area contributed by atoms with Gasteiger partial charge >= 0.3 is 0 Å². The molecule has 0 aliphatic heterocycles. The summed E-state index contributed by atoms with van der Waals surface area (Å²) >= 11 is 0. The Morgan fingerprint density at radius 1 is 0.680 bits per heavy atom. The van der Waals surface area contributed by atoms with Gasteiger partial charge in [0, 0.05) is 6.61 Å². The molecule has 0 saturated heterocycles. The highest BCUT2D eigenvalue weighted by atomic mass is 16.3. The van der Waals surface area contributed by atoms with Crippen LogP contribution in [0.5, 0.6) is 0 Å². The summed E-state index contributed by atoms with van der Waals surface area (Å²) in [5, 5.41) is 35.7. The van der Waals surface area contributed by atoms with Gasteiger partial charge in [-0.25, -0.2) is 0 Å². The number of rotatable bonds is 2. The van der Waals surface area contributed by atoms with Crippen molar-refractivity contribution in [1.29, 1.82) is 0 Å². The number of hydrogen-bond acceptors (Lipinski definition) is 4. The maximum atomic E-state index is 8.99. The molecule has 3 saturated carbocycles. The predicted molar refractivity (Wildman–Crippen MR) is 102 cm³/mol. The first-order valence-electron chi connectivity index (χ1n) is 10.6. The molecule has 0 heterocycles. The van der Waals surface area contributed by atoms with Gasteiger partial charge in [-0.3, -0.25) is 0 Å². The van der Waals surface area contributed by atoms with Crippen molar-refractivity contribution in [3.63, 3.8) is 0 Å². The van der Waals surface area contributed by atoms with Gasteiger partial charge in [0.25, 0.3) is 0 Å². The third kappa shape index (κ3) is 9.93. The predicted octanol–water partition coefficient (Wildman–Crippen LogP) is 3.64. The third-order valence-corrected chi connectivity index (χ3v) is 6.11. The Bertz CT molecular complexity index is 295. The fraction of sp³-hybridized carbons (Fsp3) is 1.00. The second kappa shape index (κ2) is 13.1. The van der Waals surface area contributed by atoms with Gasteiger partial charge in [0.05, 0.1) is 18.3 Å². The minimum atomic E-state index is -0.237. The van der Waals surface area contributed by atoms with E-state index in [1.165, 1.54) is 38.5 Å². The largest absolute Gasteiger partial charge is 0.396 e. The highest BCUT2D eigenvalue weighted by Gasteiger charge is 2.22. The van der Waals surface area contributed by atoms with Crippen LogP contribution in [0.4, 0.5) is 0 Å². The maximum Gasteiger partial charge on any atom is 0.0564 e. The lowest BCUT2D eigenvalue weighted by atomic mass is 9.78. The Balaban J connectivity index is 0.000000191. The van der Waals surface area contributed by atoms with Gasteiger partial charge in [-0.15, -0.1) is 0 Å². The van der Waals surface area contributed by atoms with Crippen molar-refractivity contribution in [2.24, 2.45) is 17.8 Å². The van der Waals surface area contributed by atoms with Gasteiger partial charge in [-0.1, -0.05) is 39.5 Å². The summed E-state index contributed by atoms with van der Waals surface area (Å²) < 4.78 is 0.